The fraction of sp³-hybridized carbons (Fsp3) is 0.188. The van der Waals surface area contributed by atoms with Gasteiger partial charge < -0.3 is 4.90 Å². The van der Waals surface area contributed by atoms with Gasteiger partial charge in [-0.3, -0.25) is 14.3 Å². The summed E-state index contributed by atoms with van der Waals surface area (Å²) in [5.41, 5.74) is 1.02. The van der Waals surface area contributed by atoms with Gasteiger partial charge in [-0.15, -0.1) is 0 Å². The van der Waals surface area contributed by atoms with E-state index in [-0.39, 0.29) is 18.3 Å². The van der Waals surface area contributed by atoms with E-state index in [1.165, 1.54) is 17.3 Å². The van der Waals surface area contributed by atoms with E-state index in [2.05, 4.69) is 9.97 Å². The molecular weight excluding hydrogens is 302 g/mol. The summed E-state index contributed by atoms with van der Waals surface area (Å²) in [5.74, 6) is -0.165. The summed E-state index contributed by atoms with van der Waals surface area (Å²) >= 11 is 0. The summed E-state index contributed by atoms with van der Waals surface area (Å²) in [4.78, 5) is 22.1. The first-order valence-corrected chi connectivity index (χ1v) is 6.97. The lowest BCUT2D eigenvalue weighted by atomic mass is 10.1. The van der Waals surface area contributed by atoms with Crippen LogP contribution in [0.1, 0.15) is 22.7 Å². The van der Waals surface area contributed by atoms with E-state index in [9.17, 15) is 13.6 Å². The molecule has 1 aromatic carbocycles. The molecule has 0 aliphatic rings. The average Bonchev–Trinajstić information content (AvgIpc) is 3.02. The molecule has 2 aromatic heterocycles. The number of halogens is 2. The van der Waals surface area contributed by atoms with Crippen LogP contribution in [-0.4, -0.2) is 32.4 Å². The summed E-state index contributed by atoms with van der Waals surface area (Å²) in [6, 6.07) is 8.96. The second-order valence-corrected chi connectivity index (χ2v) is 5.07. The van der Waals surface area contributed by atoms with Crippen molar-refractivity contribution in [2.75, 3.05) is 7.05 Å². The third-order valence-electron chi connectivity index (χ3n) is 3.55. The van der Waals surface area contributed by atoms with Gasteiger partial charge in [0.05, 0.1) is 17.6 Å². The van der Waals surface area contributed by atoms with Gasteiger partial charge >= 0.3 is 6.55 Å². The normalized spacial score (nSPS) is 11.1. The number of benzene rings is 1. The molecule has 5 nitrogen and oxygen atoms in total. The highest BCUT2D eigenvalue weighted by Gasteiger charge is 2.19. The first-order chi connectivity index (χ1) is 11.1. The maximum atomic E-state index is 12.9. The number of aromatic nitrogens is 3. The fourth-order valence-electron chi connectivity index (χ4n) is 2.41. The number of fused-ring (bicyclic) bond motifs is 1. The summed E-state index contributed by atoms with van der Waals surface area (Å²) in [5, 5.41) is 0.848. The molecule has 0 unspecified atom stereocenters. The van der Waals surface area contributed by atoms with E-state index in [0.29, 0.717) is 11.1 Å². The van der Waals surface area contributed by atoms with E-state index in [1.54, 1.807) is 31.4 Å². The van der Waals surface area contributed by atoms with Gasteiger partial charge in [-0.2, -0.15) is 8.78 Å². The molecule has 1 amide bonds. The van der Waals surface area contributed by atoms with E-state index < -0.39 is 6.55 Å². The molecule has 0 atom stereocenters. The van der Waals surface area contributed by atoms with Crippen molar-refractivity contribution in [1.82, 2.24) is 19.4 Å². The Morgan fingerprint density at radius 2 is 2.00 bits per heavy atom. The van der Waals surface area contributed by atoms with Crippen LogP contribution in [0, 0.1) is 0 Å². The van der Waals surface area contributed by atoms with Crippen LogP contribution in [0.15, 0.2) is 48.9 Å². The van der Waals surface area contributed by atoms with Gasteiger partial charge in [-0.1, -0.05) is 18.2 Å². The Kier molecular flexibility index (Phi) is 4.01. The number of nitrogens with zero attached hydrogens (tertiary/aromatic N) is 4. The molecule has 0 saturated carbocycles. The van der Waals surface area contributed by atoms with E-state index in [1.807, 2.05) is 12.1 Å². The smallest absolute Gasteiger partial charge is 0.319 e. The summed E-state index contributed by atoms with van der Waals surface area (Å²) in [6.07, 6.45) is 4.10. The van der Waals surface area contributed by atoms with Crippen LogP contribution in [0.25, 0.3) is 10.9 Å². The third kappa shape index (κ3) is 2.90. The number of carbonyl (C=O) groups is 1. The largest absolute Gasteiger partial charge is 0.334 e. The first-order valence-electron chi connectivity index (χ1n) is 6.97. The highest BCUT2D eigenvalue weighted by atomic mass is 19.3. The Morgan fingerprint density at radius 1 is 1.22 bits per heavy atom. The Balaban J connectivity index is 1.88. The third-order valence-corrected chi connectivity index (χ3v) is 3.55. The van der Waals surface area contributed by atoms with Crippen molar-refractivity contribution >= 4 is 16.8 Å². The van der Waals surface area contributed by atoms with Crippen LogP contribution in [0.2, 0.25) is 0 Å². The minimum atomic E-state index is -2.68. The van der Waals surface area contributed by atoms with Crippen molar-refractivity contribution in [3.8, 4) is 0 Å². The van der Waals surface area contributed by atoms with Gasteiger partial charge in [0.2, 0.25) is 0 Å². The quantitative estimate of drug-likeness (QED) is 0.743. The van der Waals surface area contributed by atoms with Crippen molar-refractivity contribution in [3.05, 3.63) is 60.3 Å². The zero-order chi connectivity index (χ0) is 16.4. The molecule has 23 heavy (non-hydrogen) atoms. The minimum Gasteiger partial charge on any atom is -0.334 e. The fourth-order valence-corrected chi connectivity index (χ4v) is 2.41. The van der Waals surface area contributed by atoms with Crippen LogP contribution >= 0.6 is 0 Å². The number of pyridine rings is 1. The number of carbonyl (C=O) groups excluding carboxylic acids is 1. The van der Waals surface area contributed by atoms with Crippen molar-refractivity contribution < 1.29 is 13.6 Å². The maximum absolute atomic E-state index is 12.9. The van der Waals surface area contributed by atoms with Gasteiger partial charge in [0.1, 0.15) is 5.82 Å². The van der Waals surface area contributed by atoms with Gasteiger partial charge in [0.15, 0.2) is 0 Å². The SMILES string of the molecule is CN(Cc1nccn1C(F)F)C(=O)c1cccc2cccnc12. The van der Waals surface area contributed by atoms with E-state index in [0.717, 1.165) is 9.95 Å². The topological polar surface area (TPSA) is 51.0 Å². The van der Waals surface area contributed by atoms with Crippen LogP contribution in [0.4, 0.5) is 8.78 Å². The molecule has 0 N–H and O–H groups in total. The highest BCUT2D eigenvalue weighted by molar-refractivity contribution is 6.05. The number of amides is 1. The van der Waals surface area contributed by atoms with Gasteiger partial charge in [0.25, 0.3) is 5.91 Å². The Hall–Kier alpha value is -2.83. The summed E-state index contributed by atoms with van der Waals surface area (Å²) < 4.78 is 26.4. The van der Waals surface area contributed by atoms with Crippen molar-refractivity contribution in [1.29, 1.82) is 0 Å². The summed E-state index contributed by atoms with van der Waals surface area (Å²) in [6.45, 7) is -2.70. The average molecular weight is 316 g/mol. The molecule has 2 heterocycles. The molecule has 0 fully saturated rings. The molecule has 7 heteroatoms. The number of imidazole rings is 1. The number of alkyl halides is 2. The molecule has 3 aromatic rings. The zero-order valence-corrected chi connectivity index (χ0v) is 12.4. The second kappa shape index (κ2) is 6.12. The van der Waals surface area contributed by atoms with Gasteiger partial charge in [-0.05, 0) is 12.1 Å². The van der Waals surface area contributed by atoms with Crippen LogP contribution in [-0.2, 0) is 6.54 Å². The summed E-state index contributed by atoms with van der Waals surface area (Å²) in [7, 11) is 1.55. The van der Waals surface area contributed by atoms with Crippen molar-refractivity contribution in [3.63, 3.8) is 0 Å². The molecule has 3 rings (SSSR count). The lowest BCUT2D eigenvalue weighted by molar-refractivity contribution is 0.0613. The predicted octanol–water partition coefficient (Wildman–Crippen LogP) is 3.10. The minimum absolute atomic E-state index is 0.0145. The number of para-hydroxylation sites is 1. The molecule has 0 saturated heterocycles. The monoisotopic (exact) mass is 316 g/mol. The number of hydrogen-bond acceptors (Lipinski definition) is 3. The Labute approximate surface area is 131 Å². The Bertz CT molecular complexity index is 841. The molecule has 0 spiro atoms. The standard InChI is InChI=1S/C16H14F2N4O/c1-21(10-13-19-8-9-22(13)16(17)18)15(23)12-6-2-4-11-5-3-7-20-14(11)12/h2-9,16H,10H2,1H3. The van der Waals surface area contributed by atoms with Gasteiger partial charge in [0, 0.05) is 31.0 Å². The number of hydrogen-bond donors (Lipinski definition) is 0. The second-order valence-electron chi connectivity index (χ2n) is 5.07. The molecular formula is C16H14F2N4O. The molecule has 118 valence electrons. The van der Waals surface area contributed by atoms with Crippen LogP contribution < -0.4 is 0 Å². The Morgan fingerprint density at radius 3 is 2.78 bits per heavy atom. The molecule has 0 radical (unpaired) electrons. The van der Waals surface area contributed by atoms with Crippen molar-refractivity contribution in [2.45, 2.75) is 13.1 Å². The highest BCUT2D eigenvalue weighted by Crippen LogP contribution is 2.19. The van der Waals surface area contributed by atoms with E-state index in [4.69, 9.17) is 0 Å². The predicted molar refractivity (Wildman–Crippen MR) is 81.0 cm³/mol. The maximum Gasteiger partial charge on any atom is 0.319 e. The molecule has 0 bridgehead atoms. The number of rotatable bonds is 4. The molecule has 0 aliphatic heterocycles. The van der Waals surface area contributed by atoms with Gasteiger partial charge in [-0.25, -0.2) is 4.98 Å². The first kappa shape index (κ1) is 15.1. The lowest BCUT2D eigenvalue weighted by Crippen LogP contribution is -2.28. The van der Waals surface area contributed by atoms with Crippen molar-refractivity contribution in [2.24, 2.45) is 0 Å². The molecule has 0 aliphatic carbocycles. The lowest BCUT2D eigenvalue weighted by Gasteiger charge is -2.18. The van der Waals surface area contributed by atoms with E-state index >= 15 is 0 Å². The van der Waals surface area contributed by atoms with Crippen LogP contribution in [0.3, 0.4) is 0 Å². The zero-order valence-electron chi connectivity index (χ0n) is 12.4. The van der Waals surface area contributed by atoms with Crippen LogP contribution in [0.5, 0.6) is 0 Å².